The lowest BCUT2D eigenvalue weighted by Crippen LogP contribution is -2.41. The van der Waals surface area contributed by atoms with Crippen LogP contribution in [0.5, 0.6) is 0 Å². The number of carboxylic acids is 1. The van der Waals surface area contributed by atoms with Crippen LogP contribution >= 0.6 is 0 Å². The summed E-state index contributed by atoms with van der Waals surface area (Å²) in [6.45, 7) is 6.56. The maximum Gasteiger partial charge on any atom is 0.317 e. The summed E-state index contributed by atoms with van der Waals surface area (Å²) < 4.78 is 0. The minimum absolute atomic E-state index is 0.188. The van der Waals surface area contributed by atoms with Crippen molar-refractivity contribution >= 4 is 12.0 Å². The zero-order chi connectivity index (χ0) is 12.2. The number of likely N-dealkylation sites (tertiary alicyclic amines) is 1. The van der Waals surface area contributed by atoms with Gasteiger partial charge in [-0.15, -0.1) is 6.58 Å². The van der Waals surface area contributed by atoms with E-state index in [1.54, 1.807) is 17.9 Å². The third-order valence-electron chi connectivity index (χ3n) is 2.90. The zero-order valence-electron chi connectivity index (χ0n) is 9.53. The Bertz CT molecular complexity index is 304. The molecule has 5 heteroatoms. The SMILES string of the molecule is C=CCCNC(=O)N1CCC(C)(C(=O)O)C1. The van der Waals surface area contributed by atoms with E-state index in [-0.39, 0.29) is 12.6 Å². The molecule has 1 aliphatic rings. The molecule has 5 nitrogen and oxygen atoms in total. The van der Waals surface area contributed by atoms with Crippen LogP contribution in [0, 0.1) is 5.41 Å². The molecule has 1 saturated heterocycles. The molecule has 2 amide bonds. The smallest absolute Gasteiger partial charge is 0.317 e. The monoisotopic (exact) mass is 226 g/mol. The van der Waals surface area contributed by atoms with Gasteiger partial charge in [-0.1, -0.05) is 6.08 Å². The first-order valence-corrected chi connectivity index (χ1v) is 5.37. The molecule has 1 heterocycles. The molecular weight excluding hydrogens is 208 g/mol. The van der Waals surface area contributed by atoms with E-state index < -0.39 is 11.4 Å². The van der Waals surface area contributed by atoms with E-state index in [9.17, 15) is 9.59 Å². The van der Waals surface area contributed by atoms with Gasteiger partial charge in [0.25, 0.3) is 0 Å². The average molecular weight is 226 g/mol. The maximum atomic E-state index is 11.6. The normalized spacial score (nSPS) is 24.2. The van der Waals surface area contributed by atoms with E-state index in [2.05, 4.69) is 11.9 Å². The van der Waals surface area contributed by atoms with E-state index in [0.29, 0.717) is 19.5 Å². The van der Waals surface area contributed by atoms with Crippen LogP contribution in [0.1, 0.15) is 19.8 Å². The first-order chi connectivity index (χ1) is 7.49. The Morgan fingerprint density at radius 1 is 1.62 bits per heavy atom. The van der Waals surface area contributed by atoms with E-state index in [0.717, 1.165) is 6.42 Å². The number of hydrogen-bond donors (Lipinski definition) is 2. The molecule has 0 aromatic heterocycles. The molecule has 1 fully saturated rings. The lowest BCUT2D eigenvalue weighted by atomic mass is 9.90. The molecule has 0 bridgehead atoms. The van der Waals surface area contributed by atoms with Crippen molar-refractivity contribution in [2.75, 3.05) is 19.6 Å². The summed E-state index contributed by atoms with van der Waals surface area (Å²) >= 11 is 0. The van der Waals surface area contributed by atoms with Gasteiger partial charge in [-0.3, -0.25) is 4.79 Å². The molecule has 90 valence electrons. The van der Waals surface area contributed by atoms with Crippen molar-refractivity contribution in [1.82, 2.24) is 10.2 Å². The Kier molecular flexibility index (Phi) is 3.93. The topological polar surface area (TPSA) is 69.6 Å². The van der Waals surface area contributed by atoms with Crippen molar-refractivity contribution in [3.63, 3.8) is 0 Å². The predicted molar refractivity (Wildman–Crippen MR) is 60.1 cm³/mol. The summed E-state index contributed by atoms with van der Waals surface area (Å²) in [6, 6.07) is -0.188. The quantitative estimate of drug-likeness (QED) is 0.556. The number of carboxylic acid groups (broad SMARTS) is 1. The number of rotatable bonds is 4. The standard InChI is InChI=1S/C11H18N2O3/c1-3-4-6-12-10(16)13-7-5-11(2,8-13)9(14)15/h3H,1,4-8H2,2H3,(H,12,16)(H,14,15). The molecule has 0 aromatic rings. The zero-order valence-corrected chi connectivity index (χ0v) is 9.53. The molecule has 0 spiro atoms. The second kappa shape index (κ2) is 5.01. The molecule has 0 saturated carbocycles. The third kappa shape index (κ3) is 2.74. The van der Waals surface area contributed by atoms with Crippen LogP contribution < -0.4 is 5.32 Å². The largest absolute Gasteiger partial charge is 0.481 e. The van der Waals surface area contributed by atoms with Crippen LogP contribution in [0.25, 0.3) is 0 Å². The van der Waals surface area contributed by atoms with Gasteiger partial charge >= 0.3 is 12.0 Å². The van der Waals surface area contributed by atoms with Gasteiger partial charge in [0.05, 0.1) is 5.41 Å². The van der Waals surface area contributed by atoms with Gasteiger partial charge in [0.1, 0.15) is 0 Å². The average Bonchev–Trinajstić information content (AvgIpc) is 2.63. The van der Waals surface area contributed by atoms with Crippen molar-refractivity contribution in [3.8, 4) is 0 Å². The summed E-state index contributed by atoms with van der Waals surface area (Å²) in [5.74, 6) is -0.839. The molecule has 0 aromatic carbocycles. The van der Waals surface area contributed by atoms with Crippen LogP contribution in [0.2, 0.25) is 0 Å². The second-order valence-electron chi connectivity index (χ2n) is 4.35. The van der Waals surface area contributed by atoms with Gasteiger partial charge in [-0.05, 0) is 19.8 Å². The van der Waals surface area contributed by atoms with Crippen LogP contribution in [0.3, 0.4) is 0 Å². The number of amides is 2. The van der Waals surface area contributed by atoms with Crippen LogP contribution in [-0.4, -0.2) is 41.6 Å². The fraction of sp³-hybridized carbons (Fsp3) is 0.636. The van der Waals surface area contributed by atoms with Gasteiger partial charge in [0.15, 0.2) is 0 Å². The summed E-state index contributed by atoms with van der Waals surface area (Å²) in [6.07, 6.45) is 2.96. The first kappa shape index (κ1) is 12.5. The summed E-state index contributed by atoms with van der Waals surface area (Å²) in [4.78, 5) is 24.2. The molecule has 1 unspecified atom stereocenters. The molecule has 16 heavy (non-hydrogen) atoms. The number of carbonyl (C=O) groups is 2. The Hall–Kier alpha value is -1.52. The highest BCUT2D eigenvalue weighted by Crippen LogP contribution is 2.29. The van der Waals surface area contributed by atoms with E-state index in [4.69, 9.17) is 5.11 Å². The predicted octanol–water partition coefficient (Wildman–Crippen LogP) is 1.07. The van der Waals surface area contributed by atoms with Gasteiger partial charge in [-0.25, -0.2) is 4.79 Å². The molecular formula is C11H18N2O3. The van der Waals surface area contributed by atoms with Gasteiger partial charge in [-0.2, -0.15) is 0 Å². The van der Waals surface area contributed by atoms with Crippen LogP contribution in [0.15, 0.2) is 12.7 Å². The van der Waals surface area contributed by atoms with Gasteiger partial charge < -0.3 is 15.3 Å². The Labute approximate surface area is 95.1 Å². The van der Waals surface area contributed by atoms with E-state index in [1.165, 1.54) is 0 Å². The Morgan fingerprint density at radius 3 is 2.81 bits per heavy atom. The minimum Gasteiger partial charge on any atom is -0.481 e. The third-order valence-corrected chi connectivity index (χ3v) is 2.90. The highest BCUT2D eigenvalue weighted by atomic mass is 16.4. The first-order valence-electron chi connectivity index (χ1n) is 5.37. The number of nitrogens with zero attached hydrogens (tertiary/aromatic N) is 1. The van der Waals surface area contributed by atoms with Crippen molar-refractivity contribution in [3.05, 3.63) is 12.7 Å². The van der Waals surface area contributed by atoms with Gasteiger partial charge in [0, 0.05) is 19.6 Å². The molecule has 0 aliphatic carbocycles. The fourth-order valence-electron chi connectivity index (χ4n) is 1.70. The van der Waals surface area contributed by atoms with E-state index >= 15 is 0 Å². The number of nitrogens with one attached hydrogen (secondary N) is 1. The minimum atomic E-state index is -0.839. The molecule has 2 N–H and O–H groups in total. The van der Waals surface area contributed by atoms with Crippen molar-refractivity contribution in [2.24, 2.45) is 5.41 Å². The summed E-state index contributed by atoms with van der Waals surface area (Å²) in [5.41, 5.74) is -0.796. The molecule has 1 aliphatic heterocycles. The number of urea groups is 1. The van der Waals surface area contributed by atoms with Crippen molar-refractivity contribution < 1.29 is 14.7 Å². The van der Waals surface area contributed by atoms with Crippen molar-refractivity contribution in [2.45, 2.75) is 19.8 Å². The van der Waals surface area contributed by atoms with Crippen molar-refractivity contribution in [1.29, 1.82) is 0 Å². The van der Waals surface area contributed by atoms with Crippen LogP contribution in [-0.2, 0) is 4.79 Å². The molecule has 1 rings (SSSR count). The van der Waals surface area contributed by atoms with E-state index in [1.807, 2.05) is 0 Å². The second-order valence-corrected chi connectivity index (χ2v) is 4.35. The summed E-state index contributed by atoms with van der Waals surface area (Å²) in [7, 11) is 0. The lowest BCUT2D eigenvalue weighted by Gasteiger charge is -2.20. The number of carbonyl (C=O) groups excluding carboxylic acids is 1. The highest BCUT2D eigenvalue weighted by Gasteiger charge is 2.41. The number of aliphatic carboxylic acids is 1. The Morgan fingerprint density at radius 2 is 2.31 bits per heavy atom. The summed E-state index contributed by atoms with van der Waals surface area (Å²) in [5, 5.41) is 11.7. The van der Waals surface area contributed by atoms with Crippen LogP contribution in [0.4, 0.5) is 4.79 Å². The molecule has 0 radical (unpaired) electrons. The maximum absolute atomic E-state index is 11.6. The Balaban J connectivity index is 2.43. The number of hydrogen-bond acceptors (Lipinski definition) is 2. The van der Waals surface area contributed by atoms with Gasteiger partial charge in [0.2, 0.25) is 0 Å². The fourth-order valence-corrected chi connectivity index (χ4v) is 1.70. The molecule has 1 atom stereocenters. The highest BCUT2D eigenvalue weighted by molar-refractivity contribution is 5.79. The lowest BCUT2D eigenvalue weighted by molar-refractivity contribution is -0.146.